The van der Waals surface area contributed by atoms with Crippen molar-refractivity contribution in [2.24, 2.45) is 0 Å². The third kappa shape index (κ3) is 4.21. The first-order valence-corrected chi connectivity index (χ1v) is 8.29. The van der Waals surface area contributed by atoms with Crippen molar-refractivity contribution in [3.8, 4) is 0 Å². The molecule has 0 aliphatic heterocycles. The minimum Gasteiger partial charge on any atom is -0.289 e. The summed E-state index contributed by atoms with van der Waals surface area (Å²) in [4.78, 5) is 13.5. The molecule has 0 aromatic heterocycles. The van der Waals surface area contributed by atoms with Gasteiger partial charge in [0.1, 0.15) is 0 Å². The number of ketones is 1. The van der Waals surface area contributed by atoms with Gasteiger partial charge in [0.15, 0.2) is 5.78 Å². The molecule has 0 bridgehead atoms. The molecule has 0 atom stereocenters. The van der Waals surface area contributed by atoms with Gasteiger partial charge in [-0.1, -0.05) is 84.6 Å². The van der Waals surface area contributed by atoms with Crippen molar-refractivity contribution in [1.29, 1.82) is 0 Å². The zero-order valence-electron chi connectivity index (χ0n) is 12.6. The molecule has 0 aliphatic rings. The molecule has 1 nitrogen and oxygen atoms in total. The summed E-state index contributed by atoms with van der Waals surface area (Å²) in [5.74, 6) is 0.0554. The van der Waals surface area contributed by atoms with Gasteiger partial charge in [-0.3, -0.25) is 4.79 Å². The largest absolute Gasteiger partial charge is 0.289 e. The molecule has 0 fully saturated rings. The number of carbonyl (C=O) groups excluding carboxylic acids is 1. The van der Waals surface area contributed by atoms with Crippen molar-refractivity contribution in [2.45, 2.75) is 4.90 Å². The summed E-state index contributed by atoms with van der Waals surface area (Å²) in [6, 6.07) is 27.3. The normalized spacial score (nSPS) is 10.8. The molecule has 0 amide bonds. The van der Waals surface area contributed by atoms with Crippen molar-refractivity contribution in [3.05, 3.63) is 107 Å². The molecule has 0 aliphatic carbocycles. The number of benzene rings is 3. The molecule has 3 aromatic carbocycles. The molecule has 0 N–H and O–H groups in total. The van der Waals surface area contributed by atoms with Crippen LogP contribution >= 0.6 is 11.8 Å². The van der Waals surface area contributed by atoms with Gasteiger partial charge in [0.25, 0.3) is 0 Å². The first-order valence-electron chi connectivity index (χ1n) is 7.41. The standard InChI is InChI=1S/C21H16OS/c22-21(18-7-3-1-4-8-18)19-13-11-17(12-14-19)15-16-23-20-9-5-2-6-10-20/h1-16H. The van der Waals surface area contributed by atoms with Gasteiger partial charge in [-0.25, -0.2) is 0 Å². The van der Waals surface area contributed by atoms with Gasteiger partial charge in [0, 0.05) is 16.0 Å². The maximum atomic E-state index is 12.3. The van der Waals surface area contributed by atoms with Crippen molar-refractivity contribution < 1.29 is 4.79 Å². The lowest BCUT2D eigenvalue weighted by atomic mass is 10.0. The Kier molecular flexibility index (Phi) is 5.07. The third-order valence-corrected chi connectivity index (χ3v) is 4.23. The Bertz CT molecular complexity index is 790. The zero-order valence-corrected chi connectivity index (χ0v) is 13.4. The summed E-state index contributed by atoms with van der Waals surface area (Å²) >= 11 is 1.68. The van der Waals surface area contributed by atoms with Crippen LogP contribution in [0.5, 0.6) is 0 Å². The minimum atomic E-state index is 0.0554. The van der Waals surface area contributed by atoms with Crippen molar-refractivity contribution in [1.82, 2.24) is 0 Å². The maximum absolute atomic E-state index is 12.3. The lowest BCUT2D eigenvalue weighted by molar-refractivity contribution is 0.103. The molecule has 0 spiro atoms. The van der Waals surface area contributed by atoms with E-state index < -0.39 is 0 Å². The SMILES string of the molecule is O=C(c1ccccc1)c1ccc(C=CSc2ccccc2)cc1. The van der Waals surface area contributed by atoms with Crippen molar-refractivity contribution >= 4 is 23.6 Å². The highest BCUT2D eigenvalue weighted by Crippen LogP contribution is 2.20. The Morgan fingerprint density at radius 1 is 0.696 bits per heavy atom. The lowest BCUT2D eigenvalue weighted by Crippen LogP contribution is -2.00. The van der Waals surface area contributed by atoms with E-state index in [-0.39, 0.29) is 5.78 Å². The first kappa shape index (κ1) is 15.3. The molecular formula is C21H16OS. The van der Waals surface area contributed by atoms with Gasteiger partial charge in [-0.15, -0.1) is 0 Å². The molecule has 112 valence electrons. The predicted molar refractivity (Wildman–Crippen MR) is 97.6 cm³/mol. The van der Waals surface area contributed by atoms with Crippen LogP contribution in [-0.4, -0.2) is 5.78 Å². The summed E-state index contributed by atoms with van der Waals surface area (Å²) in [6.45, 7) is 0. The van der Waals surface area contributed by atoms with E-state index in [1.54, 1.807) is 11.8 Å². The molecular weight excluding hydrogens is 300 g/mol. The number of rotatable bonds is 5. The fourth-order valence-corrected chi connectivity index (χ4v) is 2.89. The minimum absolute atomic E-state index is 0.0554. The van der Waals surface area contributed by atoms with Gasteiger partial charge in [0.05, 0.1) is 0 Å². The first-order chi connectivity index (χ1) is 11.3. The third-order valence-electron chi connectivity index (χ3n) is 3.42. The fraction of sp³-hybridized carbons (Fsp3) is 0. The van der Waals surface area contributed by atoms with Gasteiger partial charge < -0.3 is 0 Å². The van der Waals surface area contributed by atoms with Crippen LogP contribution in [0.1, 0.15) is 21.5 Å². The average molecular weight is 316 g/mol. The molecule has 0 saturated carbocycles. The van der Waals surface area contributed by atoms with Crippen molar-refractivity contribution in [2.75, 3.05) is 0 Å². The second kappa shape index (κ2) is 7.61. The zero-order chi connectivity index (χ0) is 15.9. The summed E-state index contributed by atoms with van der Waals surface area (Å²) in [7, 11) is 0. The predicted octanol–water partition coefficient (Wildman–Crippen LogP) is 5.68. The van der Waals surface area contributed by atoms with E-state index in [2.05, 4.69) is 23.6 Å². The molecule has 3 aromatic rings. The smallest absolute Gasteiger partial charge is 0.193 e. The highest BCUT2D eigenvalue weighted by molar-refractivity contribution is 8.02. The quantitative estimate of drug-likeness (QED) is 0.445. The lowest BCUT2D eigenvalue weighted by Gasteiger charge is -2.01. The second-order valence-electron chi connectivity index (χ2n) is 5.05. The Labute approximate surface area is 140 Å². The topological polar surface area (TPSA) is 17.1 Å². The van der Waals surface area contributed by atoms with Gasteiger partial charge in [-0.05, 0) is 29.2 Å². The number of hydrogen-bond acceptors (Lipinski definition) is 2. The summed E-state index contributed by atoms with van der Waals surface area (Å²) in [5, 5.41) is 2.06. The van der Waals surface area contributed by atoms with Crippen LogP contribution in [0.2, 0.25) is 0 Å². The molecule has 2 heteroatoms. The van der Waals surface area contributed by atoms with Gasteiger partial charge in [-0.2, -0.15) is 0 Å². The van der Waals surface area contributed by atoms with Crippen LogP contribution in [0.25, 0.3) is 6.08 Å². The van der Waals surface area contributed by atoms with Crippen LogP contribution in [0.3, 0.4) is 0 Å². The maximum Gasteiger partial charge on any atom is 0.193 e. The molecule has 0 unspecified atom stereocenters. The van der Waals surface area contributed by atoms with Crippen LogP contribution in [0.15, 0.2) is 95.2 Å². The number of hydrogen-bond donors (Lipinski definition) is 0. The highest BCUT2D eigenvalue weighted by atomic mass is 32.2. The number of carbonyl (C=O) groups is 1. The summed E-state index contributed by atoms with van der Waals surface area (Å²) in [5.41, 5.74) is 2.51. The average Bonchev–Trinajstić information content (AvgIpc) is 2.63. The fourth-order valence-electron chi connectivity index (χ4n) is 2.19. The molecule has 0 heterocycles. The van der Waals surface area contributed by atoms with E-state index in [9.17, 15) is 4.79 Å². The van der Waals surface area contributed by atoms with Crippen molar-refractivity contribution in [3.63, 3.8) is 0 Å². The second-order valence-corrected chi connectivity index (χ2v) is 6.03. The van der Waals surface area contributed by atoms with Crippen LogP contribution in [-0.2, 0) is 0 Å². The van der Waals surface area contributed by atoms with E-state index in [1.807, 2.05) is 72.8 Å². The van der Waals surface area contributed by atoms with Crippen LogP contribution < -0.4 is 0 Å². The van der Waals surface area contributed by atoms with E-state index in [1.165, 1.54) is 4.90 Å². The Hall–Kier alpha value is -2.58. The Balaban J connectivity index is 1.66. The molecule has 23 heavy (non-hydrogen) atoms. The number of thioether (sulfide) groups is 1. The highest BCUT2D eigenvalue weighted by Gasteiger charge is 2.07. The molecule has 0 saturated heterocycles. The summed E-state index contributed by atoms with van der Waals surface area (Å²) < 4.78 is 0. The van der Waals surface area contributed by atoms with E-state index in [4.69, 9.17) is 0 Å². The monoisotopic (exact) mass is 316 g/mol. The Morgan fingerprint density at radius 3 is 1.91 bits per heavy atom. The van der Waals surface area contributed by atoms with E-state index in [0.29, 0.717) is 5.56 Å². The van der Waals surface area contributed by atoms with Crippen LogP contribution in [0.4, 0.5) is 0 Å². The Morgan fingerprint density at radius 2 is 1.26 bits per heavy atom. The van der Waals surface area contributed by atoms with E-state index >= 15 is 0 Å². The van der Waals surface area contributed by atoms with Gasteiger partial charge >= 0.3 is 0 Å². The molecule has 0 radical (unpaired) electrons. The van der Waals surface area contributed by atoms with Gasteiger partial charge in [0.2, 0.25) is 0 Å². The summed E-state index contributed by atoms with van der Waals surface area (Å²) in [6.07, 6.45) is 2.05. The van der Waals surface area contributed by atoms with Crippen LogP contribution in [0, 0.1) is 0 Å². The molecule has 3 rings (SSSR count). The van der Waals surface area contributed by atoms with E-state index in [0.717, 1.165) is 11.1 Å².